The molecule has 52 heavy (non-hydrogen) atoms. The first-order valence-corrected chi connectivity index (χ1v) is 17.0. The van der Waals surface area contributed by atoms with E-state index in [2.05, 4.69) is 25.8 Å². The van der Waals surface area contributed by atoms with Crippen LogP contribution in [0.4, 0.5) is 22.4 Å². The van der Waals surface area contributed by atoms with Crippen molar-refractivity contribution in [1.82, 2.24) is 40.1 Å². The topological polar surface area (TPSA) is 143 Å². The minimum Gasteiger partial charge on any atom is -0.447 e. The van der Waals surface area contributed by atoms with Gasteiger partial charge in [0.15, 0.2) is 11.8 Å². The van der Waals surface area contributed by atoms with Gasteiger partial charge in [-0.05, 0) is 71.9 Å². The van der Waals surface area contributed by atoms with E-state index >= 15 is 0 Å². The summed E-state index contributed by atoms with van der Waals surface area (Å²) in [5.74, 6) is -1.63. The molecule has 12 nitrogen and oxygen atoms in total. The first-order valence-electron chi connectivity index (χ1n) is 16.7. The molecule has 1 spiro atoms. The summed E-state index contributed by atoms with van der Waals surface area (Å²) in [7, 11) is 0. The van der Waals surface area contributed by atoms with E-state index in [1.165, 1.54) is 36.7 Å². The molecule has 0 aliphatic heterocycles. The van der Waals surface area contributed by atoms with Crippen molar-refractivity contribution < 1.29 is 31.9 Å². The minimum absolute atomic E-state index is 0.00193. The summed E-state index contributed by atoms with van der Waals surface area (Å²) in [6.07, 6.45) is 3.32. The molecule has 2 aliphatic carbocycles. The predicted octanol–water partition coefficient (Wildman–Crippen LogP) is 7.54. The second-order valence-electron chi connectivity index (χ2n) is 14.2. The summed E-state index contributed by atoms with van der Waals surface area (Å²) in [6.45, 7) is 3.16. The zero-order chi connectivity index (χ0) is 37.4. The van der Waals surface area contributed by atoms with Crippen molar-refractivity contribution in [3.8, 4) is 16.8 Å². The van der Waals surface area contributed by atoms with Crippen LogP contribution in [0.15, 0.2) is 61.2 Å². The maximum Gasteiger partial charge on any atom is 0.407 e. The van der Waals surface area contributed by atoms with Gasteiger partial charge in [-0.3, -0.25) is 15.1 Å². The fraction of sp³-hybridized carbons (Fsp3) is 0.429. The number of benzene rings is 2. The number of hydrogen-bond donors (Lipinski definition) is 3. The highest BCUT2D eigenvalue weighted by atomic mass is 35.5. The average molecular weight is 744 g/mol. The van der Waals surface area contributed by atoms with Crippen LogP contribution < -0.4 is 10.6 Å². The van der Waals surface area contributed by atoms with Crippen LogP contribution >= 0.6 is 11.6 Å². The zero-order valence-electron chi connectivity index (χ0n) is 28.6. The van der Waals surface area contributed by atoms with Gasteiger partial charge in [-0.1, -0.05) is 50.6 Å². The van der Waals surface area contributed by atoms with Crippen molar-refractivity contribution in [2.75, 3.05) is 13.2 Å². The average Bonchev–Trinajstić information content (AvgIpc) is 3.81. The molecule has 2 fully saturated rings. The fourth-order valence-corrected chi connectivity index (χ4v) is 6.18. The van der Waals surface area contributed by atoms with E-state index in [9.17, 15) is 27.2 Å². The molecule has 2 heterocycles. The van der Waals surface area contributed by atoms with E-state index in [4.69, 9.17) is 21.7 Å². The Bertz CT molecular complexity index is 1940. The number of rotatable bonds is 12. The molecular formula is C35H38ClF4N9O3. The third-order valence-electron chi connectivity index (χ3n) is 9.30. The lowest BCUT2D eigenvalue weighted by Gasteiger charge is -2.33. The molecule has 4 aromatic rings. The van der Waals surface area contributed by atoms with E-state index < -0.39 is 43.4 Å². The number of nitrogens with zero attached hydrogens (tertiary/aromatic N) is 6. The van der Waals surface area contributed by atoms with Crippen LogP contribution in [-0.4, -0.2) is 66.6 Å². The monoisotopic (exact) mass is 743 g/mol. The molecule has 0 bridgehead atoms. The Morgan fingerprint density at radius 3 is 2.44 bits per heavy atom. The number of hydrogen-bond acceptors (Lipinski definition) is 7. The molecule has 17 heteroatoms. The Balaban J connectivity index is 1.36. The molecule has 2 aliphatic rings. The van der Waals surface area contributed by atoms with Crippen LogP contribution in [0.5, 0.6) is 0 Å². The van der Waals surface area contributed by atoms with Gasteiger partial charge in [-0.25, -0.2) is 27.9 Å². The van der Waals surface area contributed by atoms with Crippen LogP contribution in [0.1, 0.15) is 87.2 Å². The van der Waals surface area contributed by atoms with E-state index in [1.807, 2.05) is 20.8 Å². The maximum atomic E-state index is 14.5. The number of alkyl carbamates (subject to hydrolysis) is 1. The first kappa shape index (κ1) is 36.8. The number of halogens is 5. The standard InChI is InChI=1S/C35H38ClF4N9O3/c1-34(2,3)12-13-42-32(41)48(30(50)21-6-4-20(5-7-21)23-16-44-47(17-23)31(39)40)26(18-52-33(51)46-27-15-35(27)10-11-35)22-8-9-24(36)25(14-22)49-29(28(37)38)43-19-45-49/h4-9,14,16-17,19,26-28,31H,10-13,15,18H2,1-3H3,(H2,41,42)(H,46,51)/t26-,27+/m1/s1. The maximum absolute atomic E-state index is 14.5. The van der Waals surface area contributed by atoms with Crippen molar-refractivity contribution in [3.63, 3.8) is 0 Å². The summed E-state index contributed by atoms with van der Waals surface area (Å²) in [5, 5.41) is 22.7. The number of ether oxygens (including phenoxy) is 1. The molecule has 2 atom stereocenters. The van der Waals surface area contributed by atoms with Gasteiger partial charge in [0, 0.05) is 29.9 Å². The van der Waals surface area contributed by atoms with E-state index in [0.29, 0.717) is 34.3 Å². The van der Waals surface area contributed by atoms with Crippen molar-refractivity contribution in [2.45, 2.75) is 71.5 Å². The minimum atomic E-state index is -2.98. The third kappa shape index (κ3) is 8.22. The number of amides is 2. The largest absolute Gasteiger partial charge is 0.447 e. The number of carbonyl (C=O) groups is 2. The van der Waals surface area contributed by atoms with E-state index in [0.717, 1.165) is 35.2 Å². The van der Waals surface area contributed by atoms with Crippen LogP contribution in [0.25, 0.3) is 16.8 Å². The van der Waals surface area contributed by atoms with Crippen LogP contribution in [-0.2, 0) is 4.74 Å². The van der Waals surface area contributed by atoms with Gasteiger partial charge >= 0.3 is 12.6 Å². The molecule has 2 aromatic heterocycles. The highest BCUT2D eigenvalue weighted by molar-refractivity contribution is 6.32. The molecule has 0 saturated heterocycles. The number of carbonyl (C=O) groups excluding carboxylic acids is 2. The first-order chi connectivity index (χ1) is 24.7. The number of aromatic nitrogens is 5. The van der Waals surface area contributed by atoms with Gasteiger partial charge in [-0.15, -0.1) is 0 Å². The third-order valence-corrected chi connectivity index (χ3v) is 9.62. The molecule has 0 radical (unpaired) electrons. The molecule has 3 N–H and O–H groups in total. The van der Waals surface area contributed by atoms with Crippen LogP contribution in [0, 0.1) is 16.2 Å². The lowest BCUT2D eigenvalue weighted by atomic mass is 9.92. The SMILES string of the molecule is CC(C)(C)CCNC(=N)N(C(=O)c1ccc(-c2cnn(C(F)F)c2)cc1)[C@H](COC(=O)N[C@H]1CC12CC2)c1ccc(Cl)c(-n2ncnc2C(F)F)c1. The summed E-state index contributed by atoms with van der Waals surface area (Å²) < 4.78 is 61.1. The molecule has 2 aromatic carbocycles. The van der Waals surface area contributed by atoms with Gasteiger partial charge < -0.3 is 15.4 Å². The van der Waals surface area contributed by atoms with Gasteiger partial charge in [0.1, 0.15) is 12.9 Å². The molecule has 2 amide bonds. The van der Waals surface area contributed by atoms with Gasteiger partial charge in [0.05, 0.1) is 22.9 Å². The molecule has 0 unspecified atom stereocenters. The fourth-order valence-electron chi connectivity index (χ4n) is 5.99. The van der Waals surface area contributed by atoms with Crippen LogP contribution in [0.2, 0.25) is 5.02 Å². The Labute approximate surface area is 302 Å². The molecule has 2 saturated carbocycles. The van der Waals surface area contributed by atoms with Gasteiger partial charge in [0.2, 0.25) is 0 Å². The lowest BCUT2D eigenvalue weighted by molar-refractivity contribution is 0.0566. The van der Waals surface area contributed by atoms with Gasteiger partial charge in [-0.2, -0.15) is 19.0 Å². The predicted molar refractivity (Wildman–Crippen MR) is 184 cm³/mol. The quantitative estimate of drug-likeness (QED) is 0.0773. The van der Waals surface area contributed by atoms with E-state index in [-0.39, 0.29) is 39.1 Å². The van der Waals surface area contributed by atoms with Crippen molar-refractivity contribution in [1.29, 1.82) is 5.41 Å². The molecular weight excluding hydrogens is 706 g/mol. The number of alkyl halides is 4. The van der Waals surface area contributed by atoms with Crippen LogP contribution in [0.3, 0.4) is 0 Å². The Kier molecular flexibility index (Phi) is 10.3. The number of nitrogens with one attached hydrogen (secondary N) is 3. The Hall–Kier alpha value is -4.99. The summed E-state index contributed by atoms with van der Waals surface area (Å²) in [6, 6.07) is 9.34. The Morgan fingerprint density at radius 1 is 1.10 bits per heavy atom. The Morgan fingerprint density at radius 2 is 1.83 bits per heavy atom. The smallest absolute Gasteiger partial charge is 0.407 e. The second-order valence-corrected chi connectivity index (χ2v) is 14.7. The molecule has 6 rings (SSSR count). The summed E-state index contributed by atoms with van der Waals surface area (Å²) in [5.41, 5.74) is 1.41. The zero-order valence-corrected chi connectivity index (χ0v) is 29.4. The molecule has 276 valence electrons. The summed E-state index contributed by atoms with van der Waals surface area (Å²) in [4.78, 5) is 32.3. The van der Waals surface area contributed by atoms with Gasteiger partial charge in [0.25, 0.3) is 12.3 Å². The second kappa shape index (κ2) is 14.6. The van der Waals surface area contributed by atoms with E-state index in [1.54, 1.807) is 18.2 Å². The highest BCUT2D eigenvalue weighted by Gasteiger charge is 2.63. The lowest BCUT2D eigenvalue weighted by Crippen LogP contribution is -2.48. The van der Waals surface area contributed by atoms with Crippen molar-refractivity contribution in [2.24, 2.45) is 10.8 Å². The normalized spacial score (nSPS) is 16.5. The summed E-state index contributed by atoms with van der Waals surface area (Å²) >= 11 is 6.48. The highest BCUT2D eigenvalue weighted by Crippen LogP contribution is 2.65. The number of guanidine groups is 1. The van der Waals surface area contributed by atoms with Crippen molar-refractivity contribution >= 4 is 29.6 Å². The van der Waals surface area contributed by atoms with Crippen molar-refractivity contribution in [3.05, 3.63) is 83.2 Å².